The second kappa shape index (κ2) is 6.61. The first-order valence-electron chi connectivity index (χ1n) is 9.86. The maximum Gasteiger partial charge on any atom is 0.307 e. The van der Waals surface area contributed by atoms with Crippen LogP contribution in [0.25, 0.3) is 0 Å². The third-order valence-corrected chi connectivity index (χ3v) is 11.5. The summed E-state index contributed by atoms with van der Waals surface area (Å²) < 4.78 is 7.11. The van der Waals surface area contributed by atoms with Gasteiger partial charge in [-0.25, -0.2) is 0 Å². The highest BCUT2D eigenvalue weighted by atomic mass is 28.4. The van der Waals surface area contributed by atoms with Crippen LogP contribution in [0.15, 0.2) is 60.7 Å². The molecule has 0 radical (unpaired) electrons. The molecule has 2 aliphatic rings. The van der Waals surface area contributed by atoms with E-state index >= 15 is 0 Å². The summed E-state index contributed by atoms with van der Waals surface area (Å²) in [4.78, 5) is 11.3. The Balaban J connectivity index is 1.72. The molecule has 2 unspecified atom stereocenters. The van der Waals surface area contributed by atoms with E-state index in [9.17, 15) is 9.90 Å². The molecular formula is C23H28O3Si. The number of hydrogen-bond donors (Lipinski definition) is 1. The van der Waals surface area contributed by atoms with E-state index in [4.69, 9.17) is 4.43 Å². The number of hydrogen-bond acceptors (Lipinski definition) is 2. The molecule has 0 bridgehead atoms. The van der Waals surface area contributed by atoms with Gasteiger partial charge in [-0.1, -0.05) is 81.4 Å². The summed E-state index contributed by atoms with van der Waals surface area (Å²) in [6, 6.07) is 21.3. The molecule has 3 nitrogen and oxygen atoms in total. The molecule has 0 saturated heterocycles. The van der Waals surface area contributed by atoms with Crippen molar-refractivity contribution in [2.24, 2.45) is 17.8 Å². The predicted octanol–water partition coefficient (Wildman–Crippen LogP) is 3.67. The monoisotopic (exact) mass is 380 g/mol. The van der Waals surface area contributed by atoms with Crippen LogP contribution in [0, 0.1) is 17.8 Å². The molecule has 0 aromatic heterocycles. The van der Waals surface area contributed by atoms with E-state index in [0.717, 1.165) is 12.8 Å². The van der Waals surface area contributed by atoms with Crippen molar-refractivity contribution in [2.75, 3.05) is 0 Å². The van der Waals surface area contributed by atoms with Crippen molar-refractivity contribution in [3.63, 3.8) is 0 Å². The Labute approximate surface area is 162 Å². The molecule has 0 amide bonds. The van der Waals surface area contributed by atoms with Gasteiger partial charge in [-0.3, -0.25) is 4.79 Å². The minimum Gasteiger partial charge on any atom is -0.481 e. The van der Waals surface area contributed by atoms with Gasteiger partial charge < -0.3 is 9.53 Å². The zero-order valence-corrected chi connectivity index (χ0v) is 17.3. The van der Waals surface area contributed by atoms with Crippen LogP contribution in [-0.2, 0) is 9.22 Å². The Morgan fingerprint density at radius 1 is 0.926 bits per heavy atom. The van der Waals surface area contributed by atoms with Crippen LogP contribution in [0.5, 0.6) is 0 Å². The van der Waals surface area contributed by atoms with Gasteiger partial charge in [0.15, 0.2) is 0 Å². The SMILES string of the molecule is CC(C)(C)[Si](OC1C[C@@H]2C(C(=O)O)[C@@H]2C1)(c1ccccc1)c1ccccc1. The van der Waals surface area contributed by atoms with Crippen LogP contribution >= 0.6 is 0 Å². The van der Waals surface area contributed by atoms with Gasteiger partial charge in [-0.15, -0.1) is 0 Å². The lowest BCUT2D eigenvalue weighted by atomic mass is 10.1. The van der Waals surface area contributed by atoms with Crippen molar-refractivity contribution < 1.29 is 14.3 Å². The summed E-state index contributed by atoms with van der Waals surface area (Å²) in [6.45, 7) is 6.86. The molecular weight excluding hydrogens is 352 g/mol. The summed E-state index contributed by atoms with van der Waals surface area (Å²) >= 11 is 0. The number of rotatable bonds is 5. The van der Waals surface area contributed by atoms with Gasteiger partial charge >= 0.3 is 5.97 Å². The molecule has 0 spiro atoms. The summed E-state index contributed by atoms with van der Waals surface area (Å²) in [7, 11) is -2.52. The quantitative estimate of drug-likeness (QED) is 0.805. The predicted molar refractivity (Wildman–Crippen MR) is 110 cm³/mol. The second-order valence-corrected chi connectivity index (χ2v) is 13.3. The largest absolute Gasteiger partial charge is 0.481 e. The summed E-state index contributed by atoms with van der Waals surface area (Å²) in [5.74, 6) is -0.144. The van der Waals surface area contributed by atoms with E-state index in [1.54, 1.807) is 0 Å². The molecule has 2 aliphatic carbocycles. The van der Waals surface area contributed by atoms with Crippen molar-refractivity contribution in [2.45, 2.75) is 44.8 Å². The van der Waals surface area contributed by atoms with E-state index in [2.05, 4.69) is 81.4 Å². The van der Waals surface area contributed by atoms with Crippen LogP contribution in [0.3, 0.4) is 0 Å². The zero-order valence-electron chi connectivity index (χ0n) is 16.3. The fourth-order valence-corrected chi connectivity index (χ4v) is 9.90. The van der Waals surface area contributed by atoms with Crippen LogP contribution in [0.1, 0.15) is 33.6 Å². The lowest BCUT2D eigenvalue weighted by Crippen LogP contribution is -2.67. The Hall–Kier alpha value is -1.91. The summed E-state index contributed by atoms with van der Waals surface area (Å²) in [5.41, 5.74) is 0. The van der Waals surface area contributed by atoms with Crippen molar-refractivity contribution in [3.05, 3.63) is 60.7 Å². The molecule has 0 heterocycles. The molecule has 1 N–H and O–H groups in total. The van der Waals surface area contributed by atoms with Crippen molar-refractivity contribution in [3.8, 4) is 0 Å². The smallest absolute Gasteiger partial charge is 0.307 e. The van der Waals surface area contributed by atoms with E-state index in [0.29, 0.717) is 11.8 Å². The number of carboxylic acids is 1. The van der Waals surface area contributed by atoms with Crippen molar-refractivity contribution in [1.82, 2.24) is 0 Å². The summed E-state index contributed by atoms with van der Waals surface area (Å²) in [6.07, 6.45) is 1.92. The fourth-order valence-electron chi connectivity index (χ4n) is 5.19. The second-order valence-electron chi connectivity index (χ2n) is 9.07. The Morgan fingerprint density at radius 2 is 1.37 bits per heavy atom. The third-order valence-electron chi connectivity index (χ3n) is 6.45. The van der Waals surface area contributed by atoms with Crippen molar-refractivity contribution >= 4 is 24.7 Å². The van der Waals surface area contributed by atoms with Crippen LogP contribution in [0.4, 0.5) is 0 Å². The maximum absolute atomic E-state index is 11.3. The number of fused-ring (bicyclic) bond motifs is 1. The lowest BCUT2D eigenvalue weighted by molar-refractivity contribution is -0.139. The molecule has 4 heteroatoms. The van der Waals surface area contributed by atoms with Gasteiger partial charge in [0.05, 0.1) is 5.92 Å². The van der Waals surface area contributed by atoms with Crippen LogP contribution < -0.4 is 10.4 Å². The highest BCUT2D eigenvalue weighted by Crippen LogP contribution is 2.59. The first-order valence-corrected chi connectivity index (χ1v) is 11.8. The minimum atomic E-state index is -2.52. The van der Waals surface area contributed by atoms with Crippen LogP contribution in [-0.4, -0.2) is 25.5 Å². The van der Waals surface area contributed by atoms with Crippen molar-refractivity contribution in [1.29, 1.82) is 0 Å². The van der Waals surface area contributed by atoms with Crippen LogP contribution in [0.2, 0.25) is 5.04 Å². The highest BCUT2D eigenvalue weighted by molar-refractivity contribution is 6.99. The van der Waals surface area contributed by atoms with E-state index in [1.165, 1.54) is 10.4 Å². The topological polar surface area (TPSA) is 46.5 Å². The average Bonchev–Trinajstić information content (AvgIpc) is 3.17. The van der Waals surface area contributed by atoms with Gasteiger partial charge in [0.25, 0.3) is 8.32 Å². The Kier molecular flexibility index (Phi) is 4.51. The molecule has 2 fully saturated rings. The molecule has 0 aliphatic heterocycles. The maximum atomic E-state index is 11.3. The number of carbonyl (C=O) groups is 1. The standard InChI is InChI=1S/C23H28O3Si/c1-23(2,3)27(17-10-6-4-7-11-17,18-12-8-5-9-13-18)26-16-14-19-20(15-16)21(19)22(24)25/h4-13,16,19-21H,14-15H2,1-3H3,(H,24,25)/t16?,19-,20+,21?. The summed E-state index contributed by atoms with van der Waals surface area (Å²) in [5, 5.41) is 11.9. The van der Waals surface area contributed by atoms with Gasteiger partial charge in [-0.05, 0) is 40.1 Å². The van der Waals surface area contributed by atoms with Gasteiger partial charge in [-0.2, -0.15) is 0 Å². The molecule has 142 valence electrons. The minimum absolute atomic E-state index is 0.0330. The number of aliphatic carboxylic acids is 1. The van der Waals surface area contributed by atoms with E-state index < -0.39 is 14.3 Å². The zero-order chi connectivity index (χ0) is 19.2. The normalized spacial score (nSPS) is 27.2. The Morgan fingerprint density at radius 3 is 1.74 bits per heavy atom. The Bertz CT molecular complexity index is 761. The number of benzene rings is 2. The molecule has 4 rings (SSSR count). The molecule has 2 saturated carbocycles. The molecule has 4 atom stereocenters. The highest BCUT2D eigenvalue weighted by Gasteiger charge is 2.62. The van der Waals surface area contributed by atoms with Gasteiger partial charge in [0.2, 0.25) is 0 Å². The molecule has 2 aromatic rings. The first kappa shape index (κ1) is 18.5. The lowest BCUT2D eigenvalue weighted by Gasteiger charge is -2.45. The fraction of sp³-hybridized carbons (Fsp3) is 0.435. The molecule has 2 aromatic carbocycles. The average molecular weight is 381 g/mol. The third kappa shape index (κ3) is 3.05. The number of carboxylic acid groups (broad SMARTS) is 1. The van der Waals surface area contributed by atoms with E-state index in [1.807, 2.05) is 0 Å². The molecule has 27 heavy (non-hydrogen) atoms. The van der Waals surface area contributed by atoms with Gasteiger partial charge in [0.1, 0.15) is 0 Å². The van der Waals surface area contributed by atoms with Gasteiger partial charge in [0, 0.05) is 6.10 Å². The first-order chi connectivity index (χ1) is 12.8. The van der Waals surface area contributed by atoms with E-state index in [-0.39, 0.29) is 17.1 Å².